The molecule has 1 aromatic heterocycles. The summed E-state index contributed by atoms with van der Waals surface area (Å²) in [6.45, 7) is 1.59. The van der Waals surface area contributed by atoms with Crippen LogP contribution in [0.25, 0.3) is 11.4 Å². The Kier molecular flexibility index (Phi) is 5.18. The Balaban J connectivity index is 1.46. The van der Waals surface area contributed by atoms with Crippen molar-refractivity contribution >= 4 is 15.8 Å². The van der Waals surface area contributed by atoms with Gasteiger partial charge in [0.15, 0.2) is 5.78 Å². The van der Waals surface area contributed by atoms with Gasteiger partial charge in [0.2, 0.25) is 21.7 Å². The number of alkyl halides is 3. The van der Waals surface area contributed by atoms with Crippen LogP contribution in [0.2, 0.25) is 0 Å². The standard InChI is InChI=1S/C20H16F3N3O4S/c1-12(27)13-5-7-17(8-6-13)31(28,29)26-10-15(11-26)19-24-18(25-30-19)14-3-2-4-16(9-14)20(21,22)23/h2-9,15H,10-11H2,1H3. The number of rotatable bonds is 5. The highest BCUT2D eigenvalue weighted by Gasteiger charge is 2.40. The van der Waals surface area contributed by atoms with Crippen molar-refractivity contribution in [2.24, 2.45) is 0 Å². The predicted molar refractivity (Wildman–Crippen MR) is 103 cm³/mol. The minimum Gasteiger partial charge on any atom is -0.339 e. The van der Waals surface area contributed by atoms with Crippen LogP contribution in [0.1, 0.15) is 34.7 Å². The summed E-state index contributed by atoms with van der Waals surface area (Å²) < 4.78 is 70.5. The summed E-state index contributed by atoms with van der Waals surface area (Å²) in [4.78, 5) is 15.5. The molecule has 0 atom stereocenters. The van der Waals surface area contributed by atoms with Crippen LogP contribution >= 0.6 is 0 Å². The van der Waals surface area contributed by atoms with Gasteiger partial charge in [-0.25, -0.2) is 8.42 Å². The quantitative estimate of drug-likeness (QED) is 0.549. The molecule has 162 valence electrons. The summed E-state index contributed by atoms with van der Waals surface area (Å²) in [7, 11) is -3.75. The molecule has 1 fully saturated rings. The molecule has 0 radical (unpaired) electrons. The summed E-state index contributed by atoms with van der Waals surface area (Å²) in [6, 6.07) is 10.2. The van der Waals surface area contributed by atoms with Gasteiger partial charge >= 0.3 is 6.18 Å². The van der Waals surface area contributed by atoms with E-state index in [1.165, 1.54) is 47.6 Å². The largest absolute Gasteiger partial charge is 0.416 e. The molecule has 0 N–H and O–H groups in total. The van der Waals surface area contributed by atoms with E-state index in [0.717, 1.165) is 12.1 Å². The third-order valence-electron chi connectivity index (χ3n) is 4.99. The number of carbonyl (C=O) groups is 1. The number of hydrogen-bond donors (Lipinski definition) is 0. The summed E-state index contributed by atoms with van der Waals surface area (Å²) in [5.41, 5.74) is -0.263. The highest BCUT2D eigenvalue weighted by Crippen LogP contribution is 2.34. The second kappa shape index (κ2) is 7.57. The van der Waals surface area contributed by atoms with Crippen LogP contribution in [0, 0.1) is 0 Å². The molecule has 1 saturated heterocycles. The Morgan fingerprint density at radius 1 is 1.13 bits per heavy atom. The zero-order valence-electron chi connectivity index (χ0n) is 16.1. The molecule has 2 heterocycles. The van der Waals surface area contributed by atoms with E-state index in [1.54, 1.807) is 0 Å². The Morgan fingerprint density at radius 2 is 1.81 bits per heavy atom. The monoisotopic (exact) mass is 451 g/mol. The molecule has 1 aliphatic heterocycles. The van der Waals surface area contributed by atoms with Gasteiger partial charge in [0.25, 0.3) is 0 Å². The van der Waals surface area contributed by atoms with E-state index in [1.807, 2.05) is 0 Å². The highest BCUT2D eigenvalue weighted by molar-refractivity contribution is 7.89. The highest BCUT2D eigenvalue weighted by atomic mass is 32.2. The van der Waals surface area contributed by atoms with Gasteiger partial charge in [-0.15, -0.1) is 0 Å². The molecule has 11 heteroatoms. The van der Waals surface area contributed by atoms with E-state index in [-0.39, 0.29) is 47.0 Å². The van der Waals surface area contributed by atoms with Crippen LogP contribution in [0.15, 0.2) is 57.9 Å². The average molecular weight is 451 g/mol. The maximum absolute atomic E-state index is 12.9. The first kappa shape index (κ1) is 21.2. The molecule has 1 aliphatic rings. The van der Waals surface area contributed by atoms with Crippen molar-refractivity contribution in [2.45, 2.75) is 23.9 Å². The fourth-order valence-electron chi connectivity index (χ4n) is 3.15. The number of halogens is 3. The normalized spacial score (nSPS) is 15.6. The number of sulfonamides is 1. The Labute approximate surface area is 175 Å². The van der Waals surface area contributed by atoms with Crippen LogP contribution in [0.5, 0.6) is 0 Å². The van der Waals surface area contributed by atoms with Crippen molar-refractivity contribution in [3.63, 3.8) is 0 Å². The van der Waals surface area contributed by atoms with Gasteiger partial charge in [-0.2, -0.15) is 22.5 Å². The Bertz CT molecular complexity index is 1230. The number of aromatic nitrogens is 2. The van der Waals surface area contributed by atoms with Crippen LogP contribution < -0.4 is 0 Å². The van der Waals surface area contributed by atoms with Gasteiger partial charge < -0.3 is 4.52 Å². The molecule has 0 amide bonds. The summed E-state index contributed by atoms with van der Waals surface area (Å²) in [5, 5.41) is 3.73. The minimum atomic E-state index is -4.49. The van der Waals surface area contributed by atoms with E-state index in [9.17, 15) is 26.4 Å². The minimum absolute atomic E-state index is 0.00206. The van der Waals surface area contributed by atoms with E-state index < -0.39 is 21.8 Å². The van der Waals surface area contributed by atoms with Crippen molar-refractivity contribution in [1.29, 1.82) is 0 Å². The van der Waals surface area contributed by atoms with Gasteiger partial charge in [-0.1, -0.05) is 29.4 Å². The molecule has 0 bridgehead atoms. The topological polar surface area (TPSA) is 93.4 Å². The van der Waals surface area contributed by atoms with E-state index in [2.05, 4.69) is 10.1 Å². The maximum atomic E-state index is 12.9. The van der Waals surface area contributed by atoms with Gasteiger partial charge in [-0.05, 0) is 31.2 Å². The predicted octanol–water partition coefficient (Wildman–Crippen LogP) is 3.75. The smallest absolute Gasteiger partial charge is 0.339 e. The molecular weight excluding hydrogens is 435 g/mol. The molecular formula is C20H16F3N3O4S. The van der Waals surface area contributed by atoms with Gasteiger partial charge in [-0.3, -0.25) is 4.79 Å². The number of ketones is 1. The molecule has 0 aliphatic carbocycles. The molecule has 3 aromatic rings. The second-order valence-corrected chi connectivity index (χ2v) is 9.07. The maximum Gasteiger partial charge on any atom is 0.416 e. The SMILES string of the molecule is CC(=O)c1ccc(S(=O)(=O)N2CC(c3nc(-c4cccc(C(F)(F)F)c4)no3)C2)cc1. The number of benzene rings is 2. The molecule has 7 nitrogen and oxygen atoms in total. The van der Waals surface area contributed by atoms with Crippen molar-refractivity contribution in [2.75, 3.05) is 13.1 Å². The lowest BCUT2D eigenvalue weighted by molar-refractivity contribution is -0.137. The van der Waals surface area contributed by atoms with E-state index in [0.29, 0.717) is 5.56 Å². The van der Waals surface area contributed by atoms with Crippen LogP contribution in [0.3, 0.4) is 0 Å². The third-order valence-corrected chi connectivity index (χ3v) is 6.83. The van der Waals surface area contributed by atoms with Crippen molar-refractivity contribution < 1.29 is 30.9 Å². The lowest BCUT2D eigenvalue weighted by Gasteiger charge is -2.35. The third kappa shape index (κ3) is 4.10. The fourth-order valence-corrected chi connectivity index (χ4v) is 4.68. The number of Topliss-reactive ketones (excluding diaryl/α,β-unsaturated/α-hetero) is 1. The van der Waals surface area contributed by atoms with Crippen LogP contribution in [0.4, 0.5) is 13.2 Å². The van der Waals surface area contributed by atoms with Crippen molar-refractivity contribution in [3.8, 4) is 11.4 Å². The van der Waals surface area contributed by atoms with Gasteiger partial charge in [0.05, 0.1) is 16.4 Å². The Hall–Kier alpha value is -3.05. The first-order valence-corrected chi connectivity index (χ1v) is 10.6. The number of hydrogen-bond acceptors (Lipinski definition) is 6. The zero-order chi connectivity index (χ0) is 22.4. The molecule has 31 heavy (non-hydrogen) atoms. The average Bonchev–Trinajstić information content (AvgIpc) is 3.16. The Morgan fingerprint density at radius 3 is 2.42 bits per heavy atom. The number of nitrogens with zero attached hydrogens (tertiary/aromatic N) is 3. The zero-order valence-corrected chi connectivity index (χ0v) is 16.9. The molecule has 4 rings (SSSR count). The summed E-state index contributed by atoms with van der Waals surface area (Å²) >= 11 is 0. The summed E-state index contributed by atoms with van der Waals surface area (Å²) in [6.07, 6.45) is -4.49. The fraction of sp³-hybridized carbons (Fsp3) is 0.250. The molecule has 0 saturated carbocycles. The first-order valence-electron chi connectivity index (χ1n) is 9.18. The summed E-state index contributed by atoms with van der Waals surface area (Å²) in [5.74, 6) is -0.368. The molecule has 0 spiro atoms. The molecule has 0 unspecified atom stereocenters. The van der Waals surface area contributed by atoms with Gasteiger partial charge in [0.1, 0.15) is 0 Å². The first-order chi connectivity index (χ1) is 14.6. The van der Waals surface area contributed by atoms with Crippen LogP contribution in [-0.2, 0) is 16.2 Å². The van der Waals surface area contributed by atoms with Crippen LogP contribution in [-0.4, -0.2) is 41.7 Å². The van der Waals surface area contributed by atoms with E-state index in [4.69, 9.17) is 4.52 Å². The van der Waals surface area contributed by atoms with Crippen molar-refractivity contribution in [3.05, 3.63) is 65.5 Å². The van der Waals surface area contributed by atoms with Gasteiger partial charge in [0, 0.05) is 24.2 Å². The lowest BCUT2D eigenvalue weighted by Crippen LogP contribution is -2.48. The van der Waals surface area contributed by atoms with Crippen molar-refractivity contribution in [1.82, 2.24) is 14.4 Å². The van der Waals surface area contributed by atoms with E-state index >= 15 is 0 Å². The lowest BCUT2D eigenvalue weighted by atomic mass is 10.0. The second-order valence-electron chi connectivity index (χ2n) is 7.13. The molecule has 2 aromatic carbocycles. The number of carbonyl (C=O) groups excluding carboxylic acids is 1.